The Balaban J connectivity index is 2.74. The minimum absolute atomic E-state index is 0.0909. The van der Waals surface area contributed by atoms with Crippen LogP contribution in [-0.4, -0.2) is 41.3 Å². The number of carboxylic acids is 1. The number of Topliss-reactive ketones (excluding diaryl/α,β-unsaturated/α-hetero) is 1. The van der Waals surface area contributed by atoms with E-state index in [1.807, 2.05) is 0 Å². The molecule has 0 bridgehead atoms. The summed E-state index contributed by atoms with van der Waals surface area (Å²) in [5.74, 6) is -1.91. The van der Waals surface area contributed by atoms with Crippen molar-refractivity contribution >= 4 is 29.0 Å². The van der Waals surface area contributed by atoms with E-state index in [9.17, 15) is 14.4 Å². The summed E-state index contributed by atoms with van der Waals surface area (Å²) in [5, 5.41) is 10.4. The topological polar surface area (TPSA) is 74.7 Å². The zero-order chi connectivity index (χ0) is 13.9. The third-order valence-corrected chi connectivity index (χ3v) is 3.45. The normalized spacial score (nSPS) is 11.9. The fourth-order valence-electron chi connectivity index (χ4n) is 1.39. The number of aliphatic carboxylic acids is 1. The first-order valence-electron chi connectivity index (χ1n) is 5.40. The maximum Gasteiger partial charge on any atom is 0.308 e. The number of ketones is 1. The van der Waals surface area contributed by atoms with Crippen molar-refractivity contribution in [2.75, 3.05) is 13.6 Å². The zero-order valence-corrected chi connectivity index (χ0v) is 11.3. The molecule has 1 amide bonds. The number of hydrogen-bond donors (Lipinski definition) is 1. The molecule has 1 N–H and O–H groups in total. The summed E-state index contributed by atoms with van der Waals surface area (Å²) in [7, 11) is 1.55. The number of rotatable bonds is 5. The average Bonchev–Trinajstić information content (AvgIpc) is 2.76. The van der Waals surface area contributed by atoms with Gasteiger partial charge in [-0.05, 0) is 13.0 Å². The monoisotopic (exact) mass is 269 g/mol. The smallest absolute Gasteiger partial charge is 0.308 e. The quantitative estimate of drug-likeness (QED) is 0.826. The number of nitrogens with zero attached hydrogens (tertiary/aromatic N) is 1. The Bertz CT molecular complexity index is 480. The molecule has 1 aromatic rings. The Hall–Kier alpha value is -1.69. The lowest BCUT2D eigenvalue weighted by atomic mass is 10.1. The van der Waals surface area contributed by atoms with E-state index >= 15 is 0 Å². The summed E-state index contributed by atoms with van der Waals surface area (Å²) in [6, 6.07) is 1.54. The van der Waals surface area contributed by atoms with Gasteiger partial charge in [-0.3, -0.25) is 14.4 Å². The number of carbonyl (C=O) groups is 3. The van der Waals surface area contributed by atoms with Crippen molar-refractivity contribution in [2.24, 2.45) is 5.92 Å². The lowest BCUT2D eigenvalue weighted by molar-refractivity contribution is -0.141. The van der Waals surface area contributed by atoms with Crippen LogP contribution in [0.15, 0.2) is 11.4 Å². The van der Waals surface area contributed by atoms with Gasteiger partial charge in [0.15, 0.2) is 5.78 Å². The van der Waals surface area contributed by atoms with E-state index in [0.717, 1.165) is 0 Å². The van der Waals surface area contributed by atoms with Crippen LogP contribution in [0.1, 0.15) is 33.9 Å². The summed E-state index contributed by atoms with van der Waals surface area (Å²) < 4.78 is 0. The summed E-state index contributed by atoms with van der Waals surface area (Å²) in [6.45, 7) is 3.12. The molecule has 0 saturated heterocycles. The van der Waals surface area contributed by atoms with Crippen LogP contribution in [0, 0.1) is 5.92 Å². The van der Waals surface area contributed by atoms with E-state index in [1.165, 1.54) is 29.2 Å². The number of amides is 1. The first kappa shape index (κ1) is 14.4. The van der Waals surface area contributed by atoms with Gasteiger partial charge in [0.2, 0.25) is 0 Å². The highest BCUT2D eigenvalue weighted by molar-refractivity contribution is 7.12. The Morgan fingerprint density at radius 3 is 2.50 bits per heavy atom. The van der Waals surface area contributed by atoms with E-state index in [-0.39, 0.29) is 18.2 Å². The molecule has 0 aliphatic rings. The second-order valence-corrected chi connectivity index (χ2v) is 5.09. The molecule has 5 nitrogen and oxygen atoms in total. The van der Waals surface area contributed by atoms with Gasteiger partial charge in [-0.1, -0.05) is 6.92 Å². The van der Waals surface area contributed by atoms with Gasteiger partial charge < -0.3 is 10.0 Å². The average molecular weight is 269 g/mol. The minimum atomic E-state index is -0.940. The molecule has 0 aliphatic carbocycles. The highest BCUT2D eigenvalue weighted by atomic mass is 32.1. The molecule has 0 radical (unpaired) electrons. The Kier molecular flexibility index (Phi) is 4.61. The highest BCUT2D eigenvalue weighted by Gasteiger charge is 2.20. The fourth-order valence-corrected chi connectivity index (χ4v) is 2.33. The van der Waals surface area contributed by atoms with Gasteiger partial charge in [0.1, 0.15) is 0 Å². The van der Waals surface area contributed by atoms with Gasteiger partial charge in [0, 0.05) is 24.5 Å². The van der Waals surface area contributed by atoms with Crippen molar-refractivity contribution in [3.05, 3.63) is 21.9 Å². The van der Waals surface area contributed by atoms with Crippen molar-refractivity contribution in [3.8, 4) is 0 Å². The second-order valence-electron chi connectivity index (χ2n) is 4.18. The van der Waals surface area contributed by atoms with E-state index in [4.69, 9.17) is 5.11 Å². The molecule has 0 saturated carbocycles. The third-order valence-electron chi connectivity index (χ3n) is 2.53. The third kappa shape index (κ3) is 3.40. The van der Waals surface area contributed by atoms with Gasteiger partial charge in [0.25, 0.3) is 5.91 Å². The van der Waals surface area contributed by atoms with Crippen LogP contribution in [-0.2, 0) is 4.79 Å². The van der Waals surface area contributed by atoms with E-state index in [0.29, 0.717) is 10.4 Å². The number of carboxylic acid groups (broad SMARTS) is 1. The predicted molar refractivity (Wildman–Crippen MR) is 68.1 cm³/mol. The summed E-state index contributed by atoms with van der Waals surface area (Å²) >= 11 is 1.19. The summed E-state index contributed by atoms with van der Waals surface area (Å²) in [6.07, 6.45) is 0. The molecule has 1 aromatic heterocycles. The SMILES string of the molecule is CC(=O)c1csc(C(=O)N(C)CC(C)C(=O)O)c1. The van der Waals surface area contributed by atoms with Crippen molar-refractivity contribution < 1.29 is 19.5 Å². The van der Waals surface area contributed by atoms with Crippen LogP contribution in [0.5, 0.6) is 0 Å². The molecule has 0 aliphatic heterocycles. The Morgan fingerprint density at radius 2 is 2.06 bits per heavy atom. The van der Waals surface area contributed by atoms with Gasteiger partial charge in [-0.25, -0.2) is 0 Å². The molecule has 18 heavy (non-hydrogen) atoms. The molecule has 0 aromatic carbocycles. The maximum atomic E-state index is 12.0. The van der Waals surface area contributed by atoms with E-state index < -0.39 is 11.9 Å². The first-order valence-corrected chi connectivity index (χ1v) is 6.28. The van der Waals surface area contributed by atoms with Gasteiger partial charge in [0.05, 0.1) is 10.8 Å². The van der Waals surface area contributed by atoms with Crippen LogP contribution in [0.4, 0.5) is 0 Å². The van der Waals surface area contributed by atoms with Crippen LogP contribution >= 0.6 is 11.3 Å². The molecular formula is C12H15NO4S. The van der Waals surface area contributed by atoms with Crippen LogP contribution < -0.4 is 0 Å². The lowest BCUT2D eigenvalue weighted by Crippen LogP contribution is -2.33. The minimum Gasteiger partial charge on any atom is -0.481 e. The summed E-state index contributed by atoms with van der Waals surface area (Å²) in [5.41, 5.74) is 0.503. The molecule has 0 spiro atoms. The van der Waals surface area contributed by atoms with Crippen LogP contribution in [0.2, 0.25) is 0 Å². The van der Waals surface area contributed by atoms with Gasteiger partial charge >= 0.3 is 5.97 Å². The Labute approximate surface area is 109 Å². The fraction of sp³-hybridized carbons (Fsp3) is 0.417. The molecule has 1 unspecified atom stereocenters. The standard InChI is InChI=1S/C12H15NO4S/c1-7(12(16)17)5-13(3)11(15)10-4-9(6-18-10)8(2)14/h4,6-7H,5H2,1-3H3,(H,16,17). The Morgan fingerprint density at radius 1 is 1.44 bits per heavy atom. The number of carbonyl (C=O) groups excluding carboxylic acids is 2. The first-order chi connectivity index (χ1) is 8.32. The molecule has 1 rings (SSSR count). The predicted octanol–water partition coefficient (Wildman–Crippen LogP) is 1.74. The lowest BCUT2D eigenvalue weighted by Gasteiger charge is -2.18. The molecule has 98 valence electrons. The largest absolute Gasteiger partial charge is 0.481 e. The van der Waals surface area contributed by atoms with Crippen molar-refractivity contribution in [3.63, 3.8) is 0 Å². The molecule has 6 heteroatoms. The van der Waals surface area contributed by atoms with Crippen molar-refractivity contribution in [1.29, 1.82) is 0 Å². The van der Waals surface area contributed by atoms with Gasteiger partial charge in [-0.15, -0.1) is 11.3 Å². The van der Waals surface area contributed by atoms with Crippen LogP contribution in [0.3, 0.4) is 0 Å². The molecule has 0 fully saturated rings. The molecular weight excluding hydrogens is 254 g/mol. The van der Waals surface area contributed by atoms with E-state index in [2.05, 4.69) is 0 Å². The van der Waals surface area contributed by atoms with Crippen molar-refractivity contribution in [2.45, 2.75) is 13.8 Å². The number of thiophene rings is 1. The van der Waals surface area contributed by atoms with Crippen LogP contribution in [0.25, 0.3) is 0 Å². The van der Waals surface area contributed by atoms with Crippen molar-refractivity contribution in [1.82, 2.24) is 4.90 Å². The number of hydrogen-bond acceptors (Lipinski definition) is 4. The molecule has 1 atom stereocenters. The van der Waals surface area contributed by atoms with Gasteiger partial charge in [-0.2, -0.15) is 0 Å². The maximum absolute atomic E-state index is 12.0. The summed E-state index contributed by atoms with van der Waals surface area (Å²) in [4.78, 5) is 35.6. The molecule has 1 heterocycles. The highest BCUT2D eigenvalue weighted by Crippen LogP contribution is 2.17. The second kappa shape index (κ2) is 5.77. The zero-order valence-electron chi connectivity index (χ0n) is 10.5. The van der Waals surface area contributed by atoms with E-state index in [1.54, 1.807) is 19.4 Å².